The lowest BCUT2D eigenvalue weighted by Crippen LogP contribution is -2.31. The molecule has 0 atom stereocenters. The lowest BCUT2D eigenvalue weighted by molar-refractivity contribution is -0.385. The Morgan fingerprint density at radius 1 is 1.18 bits per heavy atom. The maximum Gasteiger partial charge on any atom is 0.270 e. The Hall–Kier alpha value is -2.43. The van der Waals surface area contributed by atoms with Gasteiger partial charge in [-0.1, -0.05) is 26.0 Å². The first kappa shape index (κ1) is 21.9. The third-order valence-electron chi connectivity index (χ3n) is 4.01. The van der Waals surface area contributed by atoms with E-state index >= 15 is 0 Å². The number of nitrogens with one attached hydrogen (secondary N) is 1. The van der Waals surface area contributed by atoms with E-state index in [1.807, 2.05) is 30.5 Å². The number of nitro groups is 1. The fourth-order valence-corrected chi connectivity index (χ4v) is 4.53. The van der Waals surface area contributed by atoms with E-state index in [2.05, 4.69) is 10.5 Å². The average Bonchev–Trinajstić information content (AvgIpc) is 2.69. The van der Waals surface area contributed by atoms with E-state index in [0.29, 0.717) is 0 Å². The van der Waals surface area contributed by atoms with Crippen LogP contribution in [-0.2, 0) is 10.0 Å². The number of non-ortho nitro benzene ring substituents is 1. The van der Waals surface area contributed by atoms with Gasteiger partial charge in [0.25, 0.3) is 5.69 Å². The third-order valence-corrected chi connectivity index (χ3v) is 6.85. The molecule has 0 radical (unpaired) electrons. The van der Waals surface area contributed by atoms with E-state index in [0.717, 1.165) is 16.5 Å². The summed E-state index contributed by atoms with van der Waals surface area (Å²) in [6.07, 6.45) is 3.54. The van der Waals surface area contributed by atoms with Gasteiger partial charge in [-0.25, -0.2) is 8.42 Å². The van der Waals surface area contributed by atoms with Crippen molar-refractivity contribution in [2.45, 2.75) is 23.6 Å². The van der Waals surface area contributed by atoms with Crippen LogP contribution in [0.5, 0.6) is 0 Å². The summed E-state index contributed by atoms with van der Waals surface area (Å²) in [6, 6.07) is 11.3. The number of thioether (sulfide) groups is 1. The summed E-state index contributed by atoms with van der Waals surface area (Å²) in [7, 11) is -3.90. The van der Waals surface area contributed by atoms with Crippen molar-refractivity contribution in [3.63, 3.8) is 0 Å². The van der Waals surface area contributed by atoms with Gasteiger partial charge in [-0.3, -0.25) is 15.5 Å². The lowest BCUT2D eigenvalue weighted by atomic mass is 10.2. The van der Waals surface area contributed by atoms with Crippen LogP contribution in [0.25, 0.3) is 0 Å². The van der Waals surface area contributed by atoms with Gasteiger partial charge in [0.1, 0.15) is 4.90 Å². The highest BCUT2D eigenvalue weighted by molar-refractivity contribution is 7.98. The molecule has 2 rings (SSSR count). The maximum absolute atomic E-state index is 12.9. The molecule has 0 aliphatic heterocycles. The minimum atomic E-state index is -3.90. The number of hydrazone groups is 1. The average molecular weight is 423 g/mol. The van der Waals surface area contributed by atoms with E-state index in [9.17, 15) is 18.5 Å². The summed E-state index contributed by atoms with van der Waals surface area (Å²) in [4.78, 5) is 11.4. The Bertz CT molecular complexity index is 956. The van der Waals surface area contributed by atoms with E-state index in [-0.39, 0.29) is 29.4 Å². The van der Waals surface area contributed by atoms with E-state index in [4.69, 9.17) is 0 Å². The van der Waals surface area contributed by atoms with Crippen LogP contribution in [0.1, 0.15) is 19.4 Å². The minimum absolute atomic E-state index is 0.175. The molecule has 10 heteroatoms. The first-order valence-corrected chi connectivity index (χ1v) is 11.2. The topological polar surface area (TPSA) is 105 Å². The molecular formula is C18H22N4O4S2. The van der Waals surface area contributed by atoms with Crippen LogP contribution in [-0.4, -0.2) is 43.2 Å². The molecular weight excluding hydrogens is 400 g/mol. The monoisotopic (exact) mass is 422 g/mol. The number of anilines is 1. The number of hydrogen-bond donors (Lipinski definition) is 1. The third kappa shape index (κ3) is 5.09. The van der Waals surface area contributed by atoms with Crippen LogP contribution in [0.15, 0.2) is 57.4 Å². The summed E-state index contributed by atoms with van der Waals surface area (Å²) in [5.41, 5.74) is 3.41. The Morgan fingerprint density at radius 3 is 2.36 bits per heavy atom. The van der Waals surface area contributed by atoms with Gasteiger partial charge in [0, 0.05) is 30.1 Å². The van der Waals surface area contributed by atoms with Crippen LogP contribution in [0.3, 0.4) is 0 Å². The molecule has 8 nitrogen and oxygen atoms in total. The van der Waals surface area contributed by atoms with Gasteiger partial charge in [-0.05, 0) is 30.0 Å². The number of nitrogens with zero attached hydrogens (tertiary/aromatic N) is 3. The van der Waals surface area contributed by atoms with Crippen molar-refractivity contribution >= 4 is 39.4 Å². The van der Waals surface area contributed by atoms with Gasteiger partial charge in [0.2, 0.25) is 10.0 Å². The number of benzene rings is 2. The molecule has 0 heterocycles. The molecule has 0 aliphatic rings. The molecule has 150 valence electrons. The van der Waals surface area contributed by atoms with Gasteiger partial charge >= 0.3 is 0 Å². The SMILES string of the molecule is CCN(CC)S(=O)(=O)c1cc([N+](=O)[O-])ccc1NN=Cc1ccc(SC)cc1. The number of rotatable bonds is 9. The van der Waals surface area contributed by atoms with Crippen molar-refractivity contribution in [3.8, 4) is 0 Å². The molecule has 0 saturated carbocycles. The summed E-state index contributed by atoms with van der Waals surface area (Å²) >= 11 is 1.63. The molecule has 0 saturated heterocycles. The molecule has 0 fully saturated rings. The van der Waals surface area contributed by atoms with Crippen molar-refractivity contribution in [2.24, 2.45) is 5.10 Å². The molecule has 0 aromatic heterocycles. The number of sulfonamides is 1. The molecule has 0 bridgehead atoms. The van der Waals surface area contributed by atoms with Crippen molar-refractivity contribution in [1.29, 1.82) is 0 Å². The largest absolute Gasteiger partial charge is 0.277 e. The quantitative estimate of drug-likeness (QED) is 0.285. The molecule has 0 amide bonds. The van der Waals surface area contributed by atoms with E-state index in [1.165, 1.54) is 16.4 Å². The smallest absolute Gasteiger partial charge is 0.270 e. The lowest BCUT2D eigenvalue weighted by Gasteiger charge is -2.20. The zero-order valence-corrected chi connectivity index (χ0v) is 17.5. The summed E-state index contributed by atoms with van der Waals surface area (Å²) in [5.74, 6) is 0. The predicted molar refractivity (Wildman–Crippen MR) is 113 cm³/mol. The van der Waals surface area contributed by atoms with Gasteiger partial charge in [-0.2, -0.15) is 9.41 Å². The number of nitro benzene ring substituents is 1. The molecule has 2 aromatic rings. The molecule has 28 heavy (non-hydrogen) atoms. The fraction of sp³-hybridized carbons (Fsp3) is 0.278. The van der Waals surface area contributed by atoms with Crippen LogP contribution in [0, 0.1) is 10.1 Å². The summed E-state index contributed by atoms with van der Waals surface area (Å²) in [5, 5.41) is 15.2. The highest BCUT2D eigenvalue weighted by Gasteiger charge is 2.27. The first-order valence-electron chi connectivity index (χ1n) is 8.55. The number of hydrogen-bond acceptors (Lipinski definition) is 7. The fourth-order valence-electron chi connectivity index (χ4n) is 2.50. The van der Waals surface area contributed by atoms with Crippen LogP contribution >= 0.6 is 11.8 Å². The Balaban J connectivity index is 2.37. The van der Waals surface area contributed by atoms with E-state index in [1.54, 1.807) is 31.8 Å². The normalized spacial score (nSPS) is 11.9. The maximum atomic E-state index is 12.9. The van der Waals surface area contributed by atoms with Crippen molar-refractivity contribution in [1.82, 2.24) is 4.31 Å². The zero-order valence-electron chi connectivity index (χ0n) is 15.8. The van der Waals surface area contributed by atoms with Crippen LogP contribution in [0.2, 0.25) is 0 Å². The molecule has 2 aromatic carbocycles. The van der Waals surface area contributed by atoms with Gasteiger partial charge in [-0.15, -0.1) is 11.8 Å². The first-order chi connectivity index (χ1) is 13.3. The minimum Gasteiger partial charge on any atom is -0.277 e. The zero-order chi connectivity index (χ0) is 20.7. The molecule has 0 aliphatic carbocycles. The molecule has 0 spiro atoms. The summed E-state index contributed by atoms with van der Waals surface area (Å²) < 4.78 is 27.0. The van der Waals surface area contributed by atoms with Gasteiger partial charge in [0.15, 0.2) is 0 Å². The highest BCUT2D eigenvalue weighted by Crippen LogP contribution is 2.29. The van der Waals surface area contributed by atoms with Crippen LogP contribution < -0.4 is 5.43 Å². The molecule has 0 unspecified atom stereocenters. The second-order valence-electron chi connectivity index (χ2n) is 5.67. The van der Waals surface area contributed by atoms with Gasteiger partial charge in [0.05, 0.1) is 16.8 Å². The highest BCUT2D eigenvalue weighted by atomic mass is 32.2. The Morgan fingerprint density at radius 2 is 1.82 bits per heavy atom. The van der Waals surface area contributed by atoms with Crippen molar-refractivity contribution in [2.75, 3.05) is 24.8 Å². The Labute approximate surface area is 168 Å². The Kier molecular flexibility index (Phi) is 7.55. The van der Waals surface area contributed by atoms with Crippen LogP contribution in [0.4, 0.5) is 11.4 Å². The second kappa shape index (κ2) is 9.67. The van der Waals surface area contributed by atoms with E-state index < -0.39 is 14.9 Å². The van der Waals surface area contributed by atoms with Gasteiger partial charge < -0.3 is 0 Å². The van der Waals surface area contributed by atoms with Crippen molar-refractivity contribution in [3.05, 3.63) is 58.1 Å². The predicted octanol–water partition coefficient (Wildman–Crippen LogP) is 3.79. The standard InChI is InChI=1S/C18H22N4O4S2/c1-4-21(5-2)28(25,26)18-12-15(22(23)24)8-11-17(18)20-19-13-14-6-9-16(27-3)10-7-14/h6-13,20H,4-5H2,1-3H3. The molecule has 1 N–H and O–H groups in total. The van der Waals surface area contributed by atoms with Crippen molar-refractivity contribution < 1.29 is 13.3 Å². The second-order valence-corrected chi connectivity index (χ2v) is 8.46. The summed E-state index contributed by atoms with van der Waals surface area (Å²) in [6.45, 7) is 3.93.